The summed E-state index contributed by atoms with van der Waals surface area (Å²) in [6.07, 6.45) is 7.61. The minimum absolute atomic E-state index is 0.104. The molecular weight excluding hydrogens is 463 g/mol. The Morgan fingerprint density at radius 3 is 2.06 bits per heavy atom. The summed E-state index contributed by atoms with van der Waals surface area (Å²) in [5.74, 6) is -2.71. The van der Waals surface area contributed by atoms with Gasteiger partial charge in [-0.2, -0.15) is 0 Å². The number of carbonyl (C=O) groups excluding carboxylic acids is 1. The van der Waals surface area contributed by atoms with Crippen molar-refractivity contribution in [2.45, 2.75) is 38.5 Å². The number of piperazine rings is 1. The van der Waals surface area contributed by atoms with E-state index in [9.17, 15) is 18.8 Å². The average Bonchev–Trinajstić information content (AvgIpc) is 2.88. The summed E-state index contributed by atoms with van der Waals surface area (Å²) in [5.41, 5.74) is 5.07. The highest BCUT2D eigenvalue weighted by molar-refractivity contribution is 5.96. The van der Waals surface area contributed by atoms with Gasteiger partial charge in [-0.1, -0.05) is 6.07 Å². The van der Waals surface area contributed by atoms with Crippen molar-refractivity contribution in [1.82, 2.24) is 4.90 Å². The molecule has 0 bridgehead atoms. The standard InChI is InChI=1S/C24H29FN2O.C4H4O4/c25-22-10-7-20(8-11-22)24(28)6-3-13-26-14-16-27(17-15-26)23-12-9-19-4-1-2-5-21(19)18-23;5-3(6)1-2-4(7)8/h7-12,18H,1-6,13-17H2;1-2H,(H,5,6)(H,7,8)/b;2-1-. The summed E-state index contributed by atoms with van der Waals surface area (Å²) in [7, 11) is 0. The molecule has 2 aromatic rings. The summed E-state index contributed by atoms with van der Waals surface area (Å²) in [4.78, 5) is 36.3. The number of nitrogens with zero attached hydrogens (tertiary/aromatic N) is 2. The Kier molecular flexibility index (Phi) is 10.2. The number of halogens is 1. The fraction of sp³-hybridized carbons (Fsp3) is 0.393. The number of aliphatic carboxylic acids is 2. The number of carbonyl (C=O) groups is 3. The highest BCUT2D eigenvalue weighted by Gasteiger charge is 2.19. The molecule has 7 nitrogen and oxygen atoms in total. The van der Waals surface area contributed by atoms with Crippen LogP contribution in [0.1, 0.15) is 47.2 Å². The van der Waals surface area contributed by atoms with Crippen LogP contribution in [0.5, 0.6) is 0 Å². The molecule has 0 spiro atoms. The number of fused-ring (bicyclic) bond motifs is 1. The van der Waals surface area contributed by atoms with E-state index in [2.05, 4.69) is 28.0 Å². The predicted octanol–water partition coefficient (Wildman–Crippen LogP) is 4.20. The Balaban J connectivity index is 0.000000392. The molecule has 2 aromatic carbocycles. The Hall–Kier alpha value is -3.52. The van der Waals surface area contributed by atoms with Crippen molar-refractivity contribution in [3.8, 4) is 0 Å². The first-order valence-electron chi connectivity index (χ1n) is 12.3. The van der Waals surface area contributed by atoms with Gasteiger partial charge < -0.3 is 15.1 Å². The second-order valence-electron chi connectivity index (χ2n) is 9.03. The van der Waals surface area contributed by atoms with Crippen molar-refractivity contribution in [3.63, 3.8) is 0 Å². The van der Waals surface area contributed by atoms with Crippen molar-refractivity contribution in [2.24, 2.45) is 0 Å². The molecule has 0 radical (unpaired) electrons. The van der Waals surface area contributed by atoms with Crippen LogP contribution >= 0.6 is 0 Å². The molecule has 4 rings (SSSR count). The summed E-state index contributed by atoms with van der Waals surface area (Å²) in [6, 6.07) is 12.9. The number of ketones is 1. The van der Waals surface area contributed by atoms with E-state index in [4.69, 9.17) is 10.2 Å². The third-order valence-electron chi connectivity index (χ3n) is 6.48. The van der Waals surface area contributed by atoms with E-state index in [0.29, 0.717) is 24.1 Å². The Morgan fingerprint density at radius 1 is 0.833 bits per heavy atom. The fourth-order valence-corrected chi connectivity index (χ4v) is 4.53. The van der Waals surface area contributed by atoms with Crippen molar-refractivity contribution < 1.29 is 29.0 Å². The highest BCUT2D eigenvalue weighted by atomic mass is 19.1. The number of carboxylic acids is 2. The van der Waals surface area contributed by atoms with Crippen LogP contribution in [-0.4, -0.2) is 65.6 Å². The van der Waals surface area contributed by atoms with Gasteiger partial charge in [0.15, 0.2) is 5.78 Å². The number of rotatable bonds is 8. The van der Waals surface area contributed by atoms with Gasteiger partial charge in [-0.05, 0) is 86.2 Å². The van der Waals surface area contributed by atoms with Gasteiger partial charge in [0.1, 0.15) is 5.82 Å². The molecule has 8 heteroatoms. The smallest absolute Gasteiger partial charge is 0.328 e. The monoisotopic (exact) mass is 496 g/mol. The van der Waals surface area contributed by atoms with Crippen LogP contribution in [0.4, 0.5) is 10.1 Å². The largest absolute Gasteiger partial charge is 0.478 e. The minimum Gasteiger partial charge on any atom is -0.478 e. The number of carboxylic acid groups (broad SMARTS) is 2. The van der Waals surface area contributed by atoms with E-state index in [1.165, 1.54) is 43.5 Å². The third kappa shape index (κ3) is 8.61. The molecule has 0 atom stereocenters. The Labute approximate surface area is 210 Å². The lowest BCUT2D eigenvalue weighted by atomic mass is 9.91. The number of anilines is 1. The van der Waals surface area contributed by atoms with Crippen LogP contribution in [0.2, 0.25) is 0 Å². The number of benzene rings is 2. The molecule has 1 fully saturated rings. The zero-order valence-electron chi connectivity index (χ0n) is 20.4. The van der Waals surface area contributed by atoms with Crippen molar-refractivity contribution in [2.75, 3.05) is 37.6 Å². The molecule has 0 unspecified atom stereocenters. The first-order valence-corrected chi connectivity index (χ1v) is 12.3. The lowest BCUT2D eigenvalue weighted by molar-refractivity contribution is -0.134. The first kappa shape index (κ1) is 27.1. The maximum absolute atomic E-state index is 13.0. The molecular formula is C28H33FN2O5. The van der Waals surface area contributed by atoms with Crippen LogP contribution in [0, 0.1) is 5.82 Å². The fourth-order valence-electron chi connectivity index (χ4n) is 4.53. The molecule has 2 N–H and O–H groups in total. The lowest BCUT2D eigenvalue weighted by Gasteiger charge is -2.36. The van der Waals surface area contributed by atoms with E-state index in [1.54, 1.807) is 23.3 Å². The van der Waals surface area contributed by atoms with Crippen LogP contribution in [0.3, 0.4) is 0 Å². The molecule has 0 amide bonds. The second kappa shape index (κ2) is 13.5. The molecule has 36 heavy (non-hydrogen) atoms. The Bertz CT molecular complexity index is 1060. The van der Waals surface area contributed by atoms with Gasteiger partial charge in [-0.15, -0.1) is 0 Å². The van der Waals surface area contributed by atoms with Gasteiger partial charge in [0.05, 0.1) is 0 Å². The summed E-state index contributed by atoms with van der Waals surface area (Å²) >= 11 is 0. The topological polar surface area (TPSA) is 98.2 Å². The number of Topliss-reactive ketones (excluding diaryl/α,β-unsaturated/α-hetero) is 1. The summed E-state index contributed by atoms with van der Waals surface area (Å²) in [6.45, 7) is 5.13. The number of hydrogen-bond donors (Lipinski definition) is 2. The van der Waals surface area contributed by atoms with Crippen LogP contribution in [0.15, 0.2) is 54.6 Å². The van der Waals surface area contributed by atoms with Gasteiger partial charge >= 0.3 is 11.9 Å². The second-order valence-corrected chi connectivity index (χ2v) is 9.03. The molecule has 0 saturated carbocycles. The number of hydrogen-bond acceptors (Lipinski definition) is 5. The predicted molar refractivity (Wildman–Crippen MR) is 136 cm³/mol. The van der Waals surface area contributed by atoms with Crippen molar-refractivity contribution in [3.05, 3.63) is 77.1 Å². The van der Waals surface area contributed by atoms with E-state index in [1.807, 2.05) is 0 Å². The van der Waals surface area contributed by atoms with Crippen molar-refractivity contribution in [1.29, 1.82) is 0 Å². The quantitative estimate of drug-likeness (QED) is 0.417. The average molecular weight is 497 g/mol. The summed E-state index contributed by atoms with van der Waals surface area (Å²) in [5, 5.41) is 15.6. The third-order valence-corrected chi connectivity index (χ3v) is 6.48. The lowest BCUT2D eigenvalue weighted by Crippen LogP contribution is -2.46. The van der Waals surface area contributed by atoms with E-state index >= 15 is 0 Å². The highest BCUT2D eigenvalue weighted by Crippen LogP contribution is 2.26. The normalized spacial score (nSPS) is 15.6. The molecule has 1 aliphatic carbocycles. The van der Waals surface area contributed by atoms with E-state index in [-0.39, 0.29) is 11.6 Å². The maximum atomic E-state index is 13.0. The SMILES string of the molecule is O=C(CCCN1CCN(c2ccc3c(c2)CCCC3)CC1)c1ccc(F)cc1.O=C(O)/C=C\C(=O)O. The van der Waals surface area contributed by atoms with Crippen molar-refractivity contribution >= 4 is 23.4 Å². The van der Waals surface area contributed by atoms with Crippen LogP contribution in [-0.2, 0) is 22.4 Å². The molecule has 1 aliphatic heterocycles. The van der Waals surface area contributed by atoms with E-state index in [0.717, 1.165) is 39.1 Å². The molecule has 2 aliphatic rings. The molecule has 1 saturated heterocycles. The first-order chi connectivity index (χ1) is 17.3. The van der Waals surface area contributed by atoms with Crippen LogP contribution in [0.25, 0.3) is 0 Å². The van der Waals surface area contributed by atoms with Crippen LogP contribution < -0.4 is 4.90 Å². The van der Waals surface area contributed by atoms with Gasteiger partial charge in [-0.3, -0.25) is 9.69 Å². The molecule has 0 aromatic heterocycles. The van der Waals surface area contributed by atoms with Gasteiger partial charge in [-0.25, -0.2) is 14.0 Å². The van der Waals surface area contributed by atoms with Gasteiger partial charge in [0.2, 0.25) is 0 Å². The minimum atomic E-state index is -1.26. The summed E-state index contributed by atoms with van der Waals surface area (Å²) < 4.78 is 13.0. The maximum Gasteiger partial charge on any atom is 0.328 e. The van der Waals surface area contributed by atoms with Gasteiger partial charge in [0, 0.05) is 56.0 Å². The zero-order chi connectivity index (χ0) is 25.9. The van der Waals surface area contributed by atoms with Gasteiger partial charge in [0.25, 0.3) is 0 Å². The molecule has 192 valence electrons. The number of aryl methyl sites for hydroxylation is 2. The van der Waals surface area contributed by atoms with E-state index < -0.39 is 11.9 Å². The molecule has 1 heterocycles. The zero-order valence-corrected chi connectivity index (χ0v) is 20.4. The Morgan fingerprint density at radius 2 is 1.44 bits per heavy atom.